The second kappa shape index (κ2) is 7.70. The minimum Gasteiger partial charge on any atom is -0.492 e. The molecule has 5 nitrogen and oxygen atoms in total. The first-order valence-electron chi connectivity index (χ1n) is 8.54. The Morgan fingerprint density at radius 1 is 0.769 bits per heavy atom. The molecule has 0 spiro atoms. The highest BCUT2D eigenvalue weighted by Crippen LogP contribution is 2.19. The summed E-state index contributed by atoms with van der Waals surface area (Å²) in [5.41, 5.74) is 2.04. The number of aromatic nitrogens is 3. The first-order chi connectivity index (χ1) is 12.9. The zero-order valence-corrected chi connectivity index (χ0v) is 14.3. The van der Waals surface area contributed by atoms with Gasteiger partial charge in [-0.25, -0.2) is 9.97 Å². The van der Waals surface area contributed by atoms with Crippen molar-refractivity contribution in [3.05, 3.63) is 84.8 Å². The van der Waals surface area contributed by atoms with Crippen LogP contribution < -0.4 is 9.47 Å². The molecule has 26 heavy (non-hydrogen) atoms. The van der Waals surface area contributed by atoms with Crippen LogP contribution in [0.4, 0.5) is 0 Å². The molecule has 5 heteroatoms. The monoisotopic (exact) mass is 345 g/mol. The predicted octanol–water partition coefficient (Wildman–Crippen LogP) is 4.04. The van der Waals surface area contributed by atoms with Crippen LogP contribution in [0.25, 0.3) is 11.5 Å². The molecule has 0 aliphatic carbocycles. The van der Waals surface area contributed by atoms with E-state index in [0.717, 1.165) is 28.6 Å². The summed E-state index contributed by atoms with van der Waals surface area (Å²) in [4.78, 5) is 8.49. The first kappa shape index (κ1) is 16.1. The lowest BCUT2D eigenvalue weighted by molar-refractivity contribution is 0.293. The molecule has 4 rings (SSSR count). The Morgan fingerprint density at radius 3 is 2.35 bits per heavy atom. The van der Waals surface area contributed by atoms with Crippen molar-refractivity contribution < 1.29 is 9.47 Å². The van der Waals surface area contributed by atoms with E-state index >= 15 is 0 Å². The van der Waals surface area contributed by atoms with Crippen molar-refractivity contribution in [3.8, 4) is 23.0 Å². The van der Waals surface area contributed by atoms with Crippen LogP contribution in [0.3, 0.4) is 0 Å². The largest absolute Gasteiger partial charge is 0.492 e. The first-order valence-corrected chi connectivity index (χ1v) is 8.54. The van der Waals surface area contributed by atoms with Gasteiger partial charge in [0, 0.05) is 6.20 Å². The average molecular weight is 345 g/mol. The number of fused-ring (bicyclic) bond motifs is 1. The molecule has 0 amide bonds. The van der Waals surface area contributed by atoms with Gasteiger partial charge in [0.25, 0.3) is 0 Å². The van der Waals surface area contributed by atoms with E-state index in [1.54, 1.807) is 6.33 Å². The van der Waals surface area contributed by atoms with Crippen LogP contribution in [0, 0.1) is 0 Å². The molecule has 2 aromatic rings. The number of rotatable bonds is 7. The van der Waals surface area contributed by atoms with Gasteiger partial charge in [0.1, 0.15) is 36.7 Å². The van der Waals surface area contributed by atoms with Gasteiger partial charge in [-0.3, -0.25) is 0 Å². The number of hydrogen-bond donors (Lipinski definition) is 0. The van der Waals surface area contributed by atoms with Crippen LogP contribution in [-0.4, -0.2) is 21.1 Å². The third-order valence-corrected chi connectivity index (χ3v) is 4.07. The molecule has 2 aromatic carbocycles. The van der Waals surface area contributed by atoms with Gasteiger partial charge < -0.3 is 14.0 Å². The van der Waals surface area contributed by atoms with Gasteiger partial charge in [-0.2, -0.15) is 0 Å². The second-order valence-corrected chi connectivity index (χ2v) is 5.88. The van der Waals surface area contributed by atoms with E-state index in [9.17, 15) is 0 Å². The molecule has 0 radical (unpaired) electrons. The molecule has 0 saturated heterocycles. The van der Waals surface area contributed by atoms with Crippen LogP contribution in [0.5, 0.6) is 11.5 Å². The lowest BCUT2D eigenvalue weighted by Gasteiger charge is -2.12. The summed E-state index contributed by atoms with van der Waals surface area (Å²) in [5.74, 6) is 2.52. The molecular formula is C21H19N3O2. The normalized spacial score (nSPS) is 10.8. The Labute approximate surface area is 152 Å². The quantitative estimate of drug-likeness (QED) is 0.507. The minimum absolute atomic E-state index is 0.556. The third kappa shape index (κ3) is 3.83. The average Bonchev–Trinajstić information content (AvgIpc) is 3.18. The molecule has 0 aromatic heterocycles. The van der Waals surface area contributed by atoms with Crippen molar-refractivity contribution in [1.82, 2.24) is 14.5 Å². The van der Waals surface area contributed by atoms with Crippen LogP contribution in [0.15, 0.2) is 79.3 Å². The van der Waals surface area contributed by atoms with Gasteiger partial charge in [0.2, 0.25) is 0 Å². The number of ether oxygens (including phenoxy) is 2. The Bertz CT molecular complexity index is 920. The van der Waals surface area contributed by atoms with E-state index in [-0.39, 0.29) is 0 Å². The maximum atomic E-state index is 5.83. The van der Waals surface area contributed by atoms with Gasteiger partial charge >= 0.3 is 0 Å². The number of imidazole rings is 1. The van der Waals surface area contributed by atoms with Crippen molar-refractivity contribution in [2.24, 2.45) is 0 Å². The lowest BCUT2D eigenvalue weighted by Crippen LogP contribution is -2.10. The third-order valence-electron chi connectivity index (χ3n) is 4.07. The van der Waals surface area contributed by atoms with Crippen LogP contribution in [0.1, 0.15) is 5.56 Å². The van der Waals surface area contributed by atoms with Crippen LogP contribution >= 0.6 is 0 Å². The van der Waals surface area contributed by atoms with Gasteiger partial charge in [-0.15, -0.1) is 0 Å². The Kier molecular flexibility index (Phi) is 4.78. The van der Waals surface area contributed by atoms with Gasteiger partial charge in [0.15, 0.2) is 5.82 Å². The van der Waals surface area contributed by atoms with Gasteiger partial charge in [0.05, 0.1) is 6.54 Å². The molecule has 2 heterocycles. The number of hydrogen-bond acceptors (Lipinski definition) is 4. The highest BCUT2D eigenvalue weighted by atomic mass is 16.5. The molecule has 2 aliphatic heterocycles. The van der Waals surface area contributed by atoms with Gasteiger partial charge in [-0.1, -0.05) is 30.3 Å². The maximum Gasteiger partial charge on any atom is 0.160 e. The molecule has 0 fully saturated rings. The summed E-state index contributed by atoms with van der Waals surface area (Å²) in [5, 5.41) is 0. The Hall–Kier alpha value is -3.34. The fraction of sp³-hybridized carbons (Fsp3) is 0.143. The second-order valence-electron chi connectivity index (χ2n) is 5.88. The van der Waals surface area contributed by atoms with Crippen molar-refractivity contribution in [1.29, 1.82) is 0 Å². The van der Waals surface area contributed by atoms with E-state index < -0.39 is 0 Å². The molecule has 0 bridgehead atoms. The van der Waals surface area contributed by atoms with Crippen molar-refractivity contribution >= 4 is 0 Å². The molecule has 0 saturated carbocycles. The summed E-state index contributed by atoms with van der Waals surface area (Å²) >= 11 is 0. The van der Waals surface area contributed by atoms with Gasteiger partial charge in [-0.05, 0) is 42.0 Å². The van der Waals surface area contributed by atoms with E-state index in [2.05, 4.69) is 9.97 Å². The van der Waals surface area contributed by atoms with E-state index in [1.165, 1.54) is 0 Å². The molecular weight excluding hydrogens is 326 g/mol. The van der Waals surface area contributed by atoms with E-state index in [1.807, 2.05) is 77.5 Å². The van der Waals surface area contributed by atoms with Crippen molar-refractivity contribution in [2.45, 2.75) is 13.2 Å². The van der Waals surface area contributed by atoms with Crippen LogP contribution in [0.2, 0.25) is 0 Å². The fourth-order valence-corrected chi connectivity index (χ4v) is 2.73. The summed E-state index contributed by atoms with van der Waals surface area (Å²) in [7, 11) is 0. The topological polar surface area (TPSA) is 49.2 Å². The summed E-state index contributed by atoms with van der Waals surface area (Å²) < 4.78 is 13.7. The standard InChI is InChI=1S/C21H19N3O2/c1-2-5-17(6-3-1)15-26-19-10-8-18(9-11-19)25-14-13-24-12-4-7-20-21(24)23-16-22-20/h1-12,16H,13-15H2. The number of benzene rings is 2. The lowest BCUT2D eigenvalue weighted by atomic mass is 10.2. The molecule has 130 valence electrons. The van der Waals surface area contributed by atoms with Crippen molar-refractivity contribution in [3.63, 3.8) is 0 Å². The zero-order valence-electron chi connectivity index (χ0n) is 14.3. The smallest absolute Gasteiger partial charge is 0.160 e. The van der Waals surface area contributed by atoms with Crippen molar-refractivity contribution in [2.75, 3.05) is 6.61 Å². The predicted molar refractivity (Wildman–Crippen MR) is 99.4 cm³/mol. The highest BCUT2D eigenvalue weighted by Gasteiger charge is 2.08. The molecule has 0 atom stereocenters. The molecule has 0 N–H and O–H groups in total. The maximum absolute atomic E-state index is 5.83. The molecule has 2 aliphatic rings. The van der Waals surface area contributed by atoms with E-state index in [0.29, 0.717) is 19.8 Å². The van der Waals surface area contributed by atoms with Crippen LogP contribution in [-0.2, 0) is 13.2 Å². The fourth-order valence-electron chi connectivity index (χ4n) is 2.73. The summed E-state index contributed by atoms with van der Waals surface area (Å²) in [6.07, 6.45) is 3.57. The number of pyridine rings is 1. The number of nitrogens with zero attached hydrogens (tertiary/aromatic N) is 3. The SMILES string of the molecule is c1ccc(COc2ccc(OCCn3cccc4ncnc3-4)cc2)cc1. The van der Waals surface area contributed by atoms with E-state index in [4.69, 9.17) is 9.47 Å². The summed E-state index contributed by atoms with van der Waals surface area (Å²) in [6.45, 7) is 1.82. The Balaban J connectivity index is 1.28. The Morgan fingerprint density at radius 2 is 1.54 bits per heavy atom. The summed E-state index contributed by atoms with van der Waals surface area (Å²) in [6, 6.07) is 21.7. The molecule has 0 unspecified atom stereocenters. The zero-order chi connectivity index (χ0) is 17.6. The minimum atomic E-state index is 0.556. The highest BCUT2D eigenvalue weighted by molar-refractivity contribution is 5.50.